The molecule has 6 nitrogen and oxygen atoms in total. The van der Waals surface area contributed by atoms with Crippen LogP contribution >= 0.6 is 0 Å². The lowest BCUT2D eigenvalue weighted by Crippen LogP contribution is -2.41. The van der Waals surface area contributed by atoms with Gasteiger partial charge in [-0.1, -0.05) is 31.5 Å². The Morgan fingerprint density at radius 1 is 1.33 bits per heavy atom. The number of carbonyl (C=O) groups is 1. The summed E-state index contributed by atoms with van der Waals surface area (Å²) in [4.78, 5) is 16.1. The summed E-state index contributed by atoms with van der Waals surface area (Å²) >= 11 is 0. The molecular formula is C18H28N4O2. The van der Waals surface area contributed by atoms with Gasteiger partial charge in [0.1, 0.15) is 0 Å². The number of nitrogens with one attached hydrogen (secondary N) is 3. The van der Waals surface area contributed by atoms with Gasteiger partial charge in [0, 0.05) is 44.8 Å². The molecule has 1 unspecified atom stereocenters. The number of unbranched alkanes of at least 4 members (excludes halogenated alkanes) is 1. The molecule has 1 atom stereocenters. The van der Waals surface area contributed by atoms with Crippen molar-refractivity contribution in [2.75, 3.05) is 38.7 Å². The Morgan fingerprint density at radius 2 is 2.17 bits per heavy atom. The Kier molecular flexibility index (Phi) is 7.55. The molecular weight excluding hydrogens is 304 g/mol. The minimum atomic E-state index is 0.0628. The van der Waals surface area contributed by atoms with E-state index in [1.54, 1.807) is 7.05 Å². The fraction of sp³-hybridized carbons (Fsp3) is 0.556. The summed E-state index contributed by atoms with van der Waals surface area (Å²) in [6, 6.07) is 7.96. The predicted octanol–water partition coefficient (Wildman–Crippen LogP) is 2.09. The smallest absolute Gasteiger partial charge is 0.225 e. The molecule has 0 spiro atoms. The Bertz CT molecular complexity index is 560. The van der Waals surface area contributed by atoms with Gasteiger partial charge in [0.25, 0.3) is 0 Å². The van der Waals surface area contributed by atoms with E-state index in [4.69, 9.17) is 4.74 Å². The first-order valence-electron chi connectivity index (χ1n) is 8.65. The molecule has 1 heterocycles. The van der Waals surface area contributed by atoms with Gasteiger partial charge in [-0.05, 0) is 18.1 Å². The van der Waals surface area contributed by atoms with Crippen LogP contribution in [-0.4, -0.2) is 45.2 Å². The van der Waals surface area contributed by atoms with E-state index in [0.29, 0.717) is 26.1 Å². The van der Waals surface area contributed by atoms with E-state index >= 15 is 0 Å². The fourth-order valence-electron chi connectivity index (χ4n) is 2.71. The van der Waals surface area contributed by atoms with Crippen LogP contribution in [0.25, 0.3) is 0 Å². The zero-order valence-corrected chi connectivity index (χ0v) is 14.6. The van der Waals surface area contributed by atoms with Crippen LogP contribution in [0.2, 0.25) is 0 Å². The number of rotatable bonds is 8. The van der Waals surface area contributed by atoms with Gasteiger partial charge in [0.2, 0.25) is 5.91 Å². The number of guanidine groups is 1. The molecule has 0 radical (unpaired) electrons. The lowest BCUT2D eigenvalue weighted by Gasteiger charge is -2.26. The van der Waals surface area contributed by atoms with Crippen LogP contribution in [0.4, 0.5) is 5.69 Å². The predicted molar refractivity (Wildman–Crippen MR) is 97.5 cm³/mol. The molecule has 0 saturated carbocycles. The van der Waals surface area contributed by atoms with E-state index in [9.17, 15) is 4.79 Å². The van der Waals surface area contributed by atoms with Crippen molar-refractivity contribution in [1.82, 2.24) is 10.6 Å². The summed E-state index contributed by atoms with van der Waals surface area (Å²) in [6.07, 6.45) is 2.73. The normalized spacial score (nSPS) is 17.2. The number of aliphatic imine (C=N–C) groups is 1. The maximum atomic E-state index is 11.8. The Hall–Kier alpha value is -2.08. The first-order valence-corrected chi connectivity index (χ1v) is 8.65. The zero-order valence-electron chi connectivity index (χ0n) is 14.6. The molecule has 1 aromatic rings. The molecule has 3 N–H and O–H groups in total. The van der Waals surface area contributed by atoms with Crippen molar-refractivity contribution in [3.05, 3.63) is 29.8 Å². The highest BCUT2D eigenvalue weighted by Gasteiger charge is 2.24. The minimum Gasteiger partial charge on any atom is -0.380 e. The maximum Gasteiger partial charge on any atom is 0.225 e. The third-order valence-corrected chi connectivity index (χ3v) is 4.03. The molecule has 0 aliphatic carbocycles. The second-order valence-electron chi connectivity index (χ2n) is 5.88. The van der Waals surface area contributed by atoms with Crippen molar-refractivity contribution in [1.29, 1.82) is 0 Å². The average Bonchev–Trinajstić information content (AvgIpc) is 2.60. The topological polar surface area (TPSA) is 74.8 Å². The van der Waals surface area contributed by atoms with Crippen molar-refractivity contribution >= 4 is 17.6 Å². The van der Waals surface area contributed by atoms with Crippen molar-refractivity contribution in [2.45, 2.75) is 32.1 Å². The molecule has 0 saturated heterocycles. The van der Waals surface area contributed by atoms with Crippen LogP contribution in [0.15, 0.2) is 29.3 Å². The molecule has 1 aromatic carbocycles. The van der Waals surface area contributed by atoms with Crippen LogP contribution in [0, 0.1) is 0 Å². The molecule has 1 aliphatic rings. The van der Waals surface area contributed by atoms with Crippen molar-refractivity contribution in [3.8, 4) is 0 Å². The molecule has 0 bridgehead atoms. The second kappa shape index (κ2) is 9.93. The van der Waals surface area contributed by atoms with Gasteiger partial charge in [0.15, 0.2) is 5.96 Å². The monoisotopic (exact) mass is 332 g/mol. The highest BCUT2D eigenvalue weighted by Crippen LogP contribution is 2.31. The molecule has 0 fully saturated rings. The van der Waals surface area contributed by atoms with Crippen LogP contribution in [0.1, 0.15) is 37.7 Å². The zero-order chi connectivity index (χ0) is 17.2. The number of ether oxygens (including phenoxy) is 1. The molecule has 132 valence electrons. The first kappa shape index (κ1) is 18.3. The van der Waals surface area contributed by atoms with Crippen LogP contribution in [0.3, 0.4) is 0 Å². The van der Waals surface area contributed by atoms with E-state index in [0.717, 1.165) is 31.1 Å². The summed E-state index contributed by atoms with van der Waals surface area (Å²) < 4.78 is 5.53. The molecule has 2 rings (SSSR count). The Labute approximate surface area is 144 Å². The third kappa shape index (κ3) is 5.53. The van der Waals surface area contributed by atoms with Crippen LogP contribution in [0.5, 0.6) is 0 Å². The molecule has 6 heteroatoms. The van der Waals surface area contributed by atoms with E-state index in [-0.39, 0.29) is 11.8 Å². The lowest BCUT2D eigenvalue weighted by atomic mass is 9.90. The van der Waals surface area contributed by atoms with E-state index < -0.39 is 0 Å². The standard InChI is InChI=1S/C18H28N4O2/c1-3-4-10-24-11-9-20-18(19-2)21-13-14-12-17(23)22-16-8-6-5-7-15(14)16/h5-8,14H,3-4,9-13H2,1-2H3,(H,22,23)(H2,19,20,21). The van der Waals surface area contributed by atoms with Gasteiger partial charge in [-0.3, -0.25) is 9.79 Å². The van der Waals surface area contributed by atoms with Crippen LogP contribution < -0.4 is 16.0 Å². The number of nitrogens with zero attached hydrogens (tertiary/aromatic N) is 1. The first-order chi connectivity index (χ1) is 11.7. The number of fused-ring (bicyclic) bond motifs is 1. The highest BCUT2D eigenvalue weighted by molar-refractivity contribution is 5.94. The number of carbonyl (C=O) groups excluding carboxylic acids is 1. The van der Waals surface area contributed by atoms with Crippen molar-refractivity contribution in [2.24, 2.45) is 4.99 Å². The summed E-state index contributed by atoms with van der Waals surface area (Å²) in [7, 11) is 1.74. The van der Waals surface area contributed by atoms with E-state index in [2.05, 4.69) is 33.9 Å². The van der Waals surface area contributed by atoms with Gasteiger partial charge in [-0.15, -0.1) is 0 Å². The Morgan fingerprint density at radius 3 is 2.96 bits per heavy atom. The largest absolute Gasteiger partial charge is 0.380 e. The molecule has 24 heavy (non-hydrogen) atoms. The van der Waals surface area contributed by atoms with Crippen LogP contribution in [-0.2, 0) is 9.53 Å². The van der Waals surface area contributed by atoms with Crippen molar-refractivity contribution in [3.63, 3.8) is 0 Å². The van der Waals surface area contributed by atoms with Gasteiger partial charge in [0.05, 0.1) is 6.61 Å². The Balaban J connectivity index is 1.78. The SMILES string of the molecule is CCCCOCCNC(=NC)NCC1CC(=O)Nc2ccccc21. The molecule has 1 aliphatic heterocycles. The summed E-state index contributed by atoms with van der Waals surface area (Å²) in [5.41, 5.74) is 2.08. The number of hydrogen-bond donors (Lipinski definition) is 3. The highest BCUT2D eigenvalue weighted by atomic mass is 16.5. The summed E-state index contributed by atoms with van der Waals surface area (Å²) in [5, 5.41) is 9.46. The van der Waals surface area contributed by atoms with Crippen molar-refractivity contribution < 1.29 is 9.53 Å². The summed E-state index contributed by atoms with van der Waals surface area (Å²) in [6.45, 7) is 5.00. The number of amides is 1. The number of anilines is 1. The fourth-order valence-corrected chi connectivity index (χ4v) is 2.71. The second-order valence-corrected chi connectivity index (χ2v) is 5.88. The number of benzene rings is 1. The lowest BCUT2D eigenvalue weighted by molar-refractivity contribution is -0.116. The van der Waals surface area contributed by atoms with Gasteiger partial charge >= 0.3 is 0 Å². The average molecular weight is 332 g/mol. The maximum absolute atomic E-state index is 11.8. The molecule has 0 aromatic heterocycles. The van der Waals surface area contributed by atoms with Gasteiger partial charge in [-0.25, -0.2) is 0 Å². The minimum absolute atomic E-state index is 0.0628. The number of para-hydroxylation sites is 1. The van der Waals surface area contributed by atoms with Gasteiger partial charge < -0.3 is 20.7 Å². The molecule has 1 amide bonds. The van der Waals surface area contributed by atoms with Gasteiger partial charge in [-0.2, -0.15) is 0 Å². The third-order valence-electron chi connectivity index (χ3n) is 4.03. The van der Waals surface area contributed by atoms with E-state index in [1.165, 1.54) is 5.56 Å². The number of hydrogen-bond acceptors (Lipinski definition) is 3. The quantitative estimate of drug-likeness (QED) is 0.387. The summed E-state index contributed by atoms with van der Waals surface area (Å²) in [5.74, 6) is 0.944. The van der Waals surface area contributed by atoms with E-state index in [1.807, 2.05) is 18.2 Å².